The Hall–Kier alpha value is -1.17. The lowest BCUT2D eigenvalue weighted by Crippen LogP contribution is -2.63. The molecule has 0 bridgehead atoms. The van der Waals surface area contributed by atoms with E-state index < -0.39 is 5.60 Å². The number of fused-ring (bicyclic) bond motifs is 1. The fourth-order valence-electron chi connectivity index (χ4n) is 5.02. The minimum absolute atomic E-state index is 0.381. The van der Waals surface area contributed by atoms with Gasteiger partial charge in [-0.15, -0.1) is 0 Å². The highest BCUT2D eigenvalue weighted by atomic mass is 16.3. The molecule has 5 heteroatoms. The average Bonchev–Trinajstić information content (AvgIpc) is 2.63. The molecule has 138 valence electrons. The third-order valence-corrected chi connectivity index (χ3v) is 6.38. The van der Waals surface area contributed by atoms with Crippen LogP contribution in [-0.4, -0.2) is 77.3 Å². The van der Waals surface area contributed by atoms with Crippen molar-refractivity contribution in [2.24, 2.45) is 0 Å². The summed E-state index contributed by atoms with van der Waals surface area (Å²) >= 11 is 0. The van der Waals surface area contributed by atoms with Gasteiger partial charge in [-0.05, 0) is 63.4 Å². The van der Waals surface area contributed by atoms with Crippen molar-refractivity contribution < 1.29 is 5.11 Å². The summed E-state index contributed by atoms with van der Waals surface area (Å²) in [5, 5.41) is 11.4. The van der Waals surface area contributed by atoms with Gasteiger partial charge in [0.1, 0.15) is 5.82 Å². The number of anilines is 1. The summed E-state index contributed by atoms with van der Waals surface area (Å²) in [4.78, 5) is 11.9. The fourth-order valence-corrected chi connectivity index (χ4v) is 5.02. The highest BCUT2D eigenvalue weighted by Crippen LogP contribution is 2.35. The Morgan fingerprint density at radius 2 is 1.92 bits per heavy atom. The van der Waals surface area contributed by atoms with E-state index in [-0.39, 0.29) is 0 Å². The monoisotopic (exact) mass is 344 g/mol. The number of rotatable bonds is 3. The van der Waals surface area contributed by atoms with Gasteiger partial charge in [0.15, 0.2) is 0 Å². The number of pyridine rings is 1. The van der Waals surface area contributed by atoms with Crippen LogP contribution in [0.2, 0.25) is 0 Å². The van der Waals surface area contributed by atoms with E-state index in [1.54, 1.807) is 0 Å². The number of aliphatic hydroxyl groups is 1. The van der Waals surface area contributed by atoms with Crippen molar-refractivity contribution in [2.75, 3.05) is 50.7 Å². The third-order valence-electron chi connectivity index (χ3n) is 6.38. The summed E-state index contributed by atoms with van der Waals surface area (Å²) in [6, 6.07) is 4.60. The second kappa shape index (κ2) is 7.22. The standard InChI is InChI=1S/C20H32N4O/c1-17-6-8-21-19(15-17)24-13-11-22(12-14-24)16-20(25)7-4-10-23-9-3-2-5-18(20)23/h6,8,15,18,25H,2-5,7,9-14,16H2,1H3/t18-,20-/m1/s1. The molecule has 2 atom stereocenters. The van der Waals surface area contributed by atoms with Gasteiger partial charge in [-0.1, -0.05) is 6.42 Å². The molecule has 0 spiro atoms. The lowest BCUT2D eigenvalue weighted by Gasteiger charge is -2.51. The van der Waals surface area contributed by atoms with Gasteiger partial charge >= 0.3 is 0 Å². The van der Waals surface area contributed by atoms with Gasteiger partial charge in [0, 0.05) is 45.0 Å². The minimum atomic E-state index is -0.511. The normalized spacial score (nSPS) is 31.8. The van der Waals surface area contributed by atoms with Crippen LogP contribution in [-0.2, 0) is 0 Å². The molecule has 5 nitrogen and oxygen atoms in total. The van der Waals surface area contributed by atoms with E-state index in [2.05, 4.69) is 32.7 Å². The number of nitrogens with zero attached hydrogens (tertiary/aromatic N) is 4. The molecule has 0 amide bonds. The number of hydrogen-bond acceptors (Lipinski definition) is 5. The van der Waals surface area contributed by atoms with Crippen molar-refractivity contribution in [2.45, 2.75) is 50.7 Å². The molecule has 4 rings (SSSR count). The molecule has 3 aliphatic heterocycles. The van der Waals surface area contributed by atoms with Crippen LogP contribution in [0.1, 0.15) is 37.7 Å². The number of aromatic nitrogens is 1. The summed E-state index contributed by atoms with van der Waals surface area (Å²) in [6.45, 7) is 9.36. The first-order valence-corrected chi connectivity index (χ1v) is 10.0. The van der Waals surface area contributed by atoms with Crippen LogP contribution in [0.3, 0.4) is 0 Å². The third kappa shape index (κ3) is 3.69. The first-order valence-electron chi connectivity index (χ1n) is 10.0. The highest BCUT2D eigenvalue weighted by Gasteiger charge is 2.45. The summed E-state index contributed by atoms with van der Waals surface area (Å²) < 4.78 is 0. The van der Waals surface area contributed by atoms with E-state index in [1.807, 2.05) is 12.3 Å². The van der Waals surface area contributed by atoms with Crippen LogP contribution < -0.4 is 4.90 Å². The van der Waals surface area contributed by atoms with Gasteiger partial charge in [-0.3, -0.25) is 9.80 Å². The van der Waals surface area contributed by atoms with Gasteiger partial charge in [0.2, 0.25) is 0 Å². The number of hydrogen-bond donors (Lipinski definition) is 1. The maximum atomic E-state index is 11.4. The molecular weight excluding hydrogens is 312 g/mol. The zero-order chi connectivity index (χ0) is 17.3. The van der Waals surface area contributed by atoms with Gasteiger partial charge in [0.05, 0.1) is 5.60 Å². The van der Waals surface area contributed by atoms with Crippen molar-refractivity contribution in [1.82, 2.24) is 14.8 Å². The zero-order valence-electron chi connectivity index (χ0n) is 15.5. The molecule has 25 heavy (non-hydrogen) atoms. The van der Waals surface area contributed by atoms with Gasteiger partial charge in [0.25, 0.3) is 0 Å². The summed E-state index contributed by atoms with van der Waals surface area (Å²) in [5.74, 6) is 1.09. The summed E-state index contributed by atoms with van der Waals surface area (Å²) in [6.07, 6.45) is 7.75. The molecule has 0 aromatic carbocycles. The molecule has 4 heterocycles. The van der Waals surface area contributed by atoms with E-state index in [9.17, 15) is 5.11 Å². The summed E-state index contributed by atoms with van der Waals surface area (Å²) in [5.41, 5.74) is 0.754. The molecule has 0 radical (unpaired) electrons. The SMILES string of the molecule is Cc1ccnc(N2CCN(C[C@]3(O)CCCN4CCCC[C@@H]43)CC2)c1. The number of β-amino-alcohol motifs (C(OH)–C–C–N with tert-alkyl or cyclic N) is 1. The fraction of sp³-hybridized carbons (Fsp3) is 0.750. The predicted molar refractivity (Wildman–Crippen MR) is 101 cm³/mol. The van der Waals surface area contributed by atoms with Crippen molar-refractivity contribution in [3.8, 4) is 0 Å². The van der Waals surface area contributed by atoms with Crippen molar-refractivity contribution in [1.29, 1.82) is 0 Å². The van der Waals surface area contributed by atoms with Crippen LogP contribution in [0, 0.1) is 6.92 Å². The van der Waals surface area contributed by atoms with Gasteiger partial charge in [-0.2, -0.15) is 0 Å². The molecule has 0 aliphatic carbocycles. The quantitative estimate of drug-likeness (QED) is 0.907. The number of piperidine rings is 2. The molecule has 3 saturated heterocycles. The lowest BCUT2D eigenvalue weighted by molar-refractivity contribution is -0.109. The van der Waals surface area contributed by atoms with Crippen molar-refractivity contribution in [3.63, 3.8) is 0 Å². The largest absolute Gasteiger partial charge is 0.387 e. The Kier molecular flexibility index (Phi) is 4.98. The topological polar surface area (TPSA) is 42.8 Å². The molecule has 0 unspecified atom stereocenters. The number of piperazine rings is 1. The van der Waals surface area contributed by atoms with Crippen molar-refractivity contribution >= 4 is 5.82 Å². The van der Waals surface area contributed by atoms with Crippen molar-refractivity contribution in [3.05, 3.63) is 23.9 Å². The molecule has 1 aromatic rings. The van der Waals surface area contributed by atoms with Gasteiger partial charge < -0.3 is 10.0 Å². The Morgan fingerprint density at radius 1 is 1.12 bits per heavy atom. The molecule has 3 aliphatic rings. The Morgan fingerprint density at radius 3 is 2.72 bits per heavy atom. The molecule has 1 N–H and O–H groups in total. The van der Waals surface area contributed by atoms with Crippen LogP contribution in [0.4, 0.5) is 5.82 Å². The van der Waals surface area contributed by atoms with Crippen LogP contribution in [0.5, 0.6) is 0 Å². The Labute approximate surface area is 151 Å². The minimum Gasteiger partial charge on any atom is -0.387 e. The van der Waals surface area contributed by atoms with E-state index in [0.717, 1.165) is 51.4 Å². The van der Waals surface area contributed by atoms with Crippen LogP contribution in [0.15, 0.2) is 18.3 Å². The second-order valence-corrected chi connectivity index (χ2v) is 8.21. The molecular formula is C20H32N4O. The maximum Gasteiger partial charge on any atom is 0.128 e. The van der Waals surface area contributed by atoms with Crippen LogP contribution in [0.25, 0.3) is 0 Å². The Balaban J connectivity index is 1.36. The average molecular weight is 345 g/mol. The highest BCUT2D eigenvalue weighted by molar-refractivity contribution is 5.41. The molecule has 0 saturated carbocycles. The smallest absolute Gasteiger partial charge is 0.128 e. The zero-order valence-corrected chi connectivity index (χ0v) is 15.5. The second-order valence-electron chi connectivity index (χ2n) is 8.21. The lowest BCUT2D eigenvalue weighted by atomic mass is 9.79. The number of aryl methyl sites for hydroxylation is 1. The van der Waals surface area contributed by atoms with Gasteiger partial charge in [-0.25, -0.2) is 4.98 Å². The first kappa shape index (κ1) is 17.3. The van der Waals surface area contributed by atoms with E-state index in [1.165, 1.54) is 37.9 Å². The maximum absolute atomic E-state index is 11.4. The Bertz CT molecular complexity index is 585. The van der Waals surface area contributed by atoms with Crippen LogP contribution >= 0.6 is 0 Å². The van der Waals surface area contributed by atoms with E-state index >= 15 is 0 Å². The molecule has 1 aromatic heterocycles. The first-order chi connectivity index (χ1) is 12.1. The molecule has 3 fully saturated rings. The van der Waals surface area contributed by atoms with E-state index in [4.69, 9.17) is 0 Å². The summed E-state index contributed by atoms with van der Waals surface area (Å²) in [7, 11) is 0. The predicted octanol–water partition coefficient (Wildman–Crippen LogP) is 1.89. The van der Waals surface area contributed by atoms with E-state index in [0.29, 0.717) is 6.04 Å².